The molecule has 2 aromatic rings. The molecule has 0 aliphatic carbocycles. The molecule has 0 aromatic heterocycles. The summed E-state index contributed by atoms with van der Waals surface area (Å²) in [5.41, 5.74) is 7.86. The number of carbonyl (C=O) groups is 1. The third-order valence-electron chi connectivity index (χ3n) is 2.92. The first kappa shape index (κ1) is 13.6. The Labute approximate surface area is 121 Å². The Morgan fingerprint density at radius 1 is 1.16 bits per heavy atom. The van der Waals surface area contributed by atoms with Crippen LogP contribution >= 0.6 is 15.9 Å². The zero-order valence-electron chi connectivity index (χ0n) is 10.6. The first-order valence-electron chi connectivity index (χ1n) is 5.99. The molecule has 0 aliphatic rings. The minimum atomic E-state index is -0.412. The lowest BCUT2D eigenvalue weighted by Gasteiger charge is -2.17. The van der Waals surface area contributed by atoms with Crippen molar-refractivity contribution in [2.45, 2.75) is 13.0 Å². The molecular weight excluding hydrogens is 304 g/mol. The van der Waals surface area contributed by atoms with Gasteiger partial charge in [-0.15, -0.1) is 0 Å². The van der Waals surface area contributed by atoms with Gasteiger partial charge in [-0.25, -0.2) is 0 Å². The summed E-state index contributed by atoms with van der Waals surface area (Å²) in [6, 6.07) is 15.4. The Balaban J connectivity index is 2.13. The summed E-state index contributed by atoms with van der Waals surface area (Å²) in [5, 5.41) is 3.38. The van der Waals surface area contributed by atoms with Crippen molar-refractivity contribution >= 4 is 27.5 Å². The number of benzene rings is 2. The van der Waals surface area contributed by atoms with E-state index in [-0.39, 0.29) is 6.04 Å². The van der Waals surface area contributed by atoms with E-state index >= 15 is 0 Å². The Morgan fingerprint density at radius 3 is 2.37 bits per heavy atom. The minimum absolute atomic E-state index is 0.162. The molecule has 1 atom stereocenters. The SMILES string of the molecule is CC(Nc1ccc(C(N)=O)cc1)c1ccccc1Br. The van der Waals surface area contributed by atoms with E-state index in [1.54, 1.807) is 12.1 Å². The van der Waals surface area contributed by atoms with E-state index in [0.29, 0.717) is 5.56 Å². The topological polar surface area (TPSA) is 55.1 Å². The predicted octanol–water partition coefficient (Wildman–Crippen LogP) is 3.72. The van der Waals surface area contributed by atoms with Crippen LogP contribution in [0.4, 0.5) is 5.69 Å². The Kier molecular flexibility index (Phi) is 4.22. The molecule has 0 radical (unpaired) electrons. The first-order chi connectivity index (χ1) is 9.08. The lowest BCUT2D eigenvalue weighted by molar-refractivity contribution is 0.100. The van der Waals surface area contributed by atoms with Crippen molar-refractivity contribution in [3.05, 3.63) is 64.1 Å². The predicted molar refractivity (Wildman–Crippen MR) is 81.1 cm³/mol. The van der Waals surface area contributed by atoms with Gasteiger partial charge in [0.2, 0.25) is 5.91 Å². The van der Waals surface area contributed by atoms with Gasteiger partial charge in [0.05, 0.1) is 0 Å². The molecule has 0 aliphatic heterocycles. The second kappa shape index (κ2) is 5.89. The summed E-state index contributed by atoms with van der Waals surface area (Å²) in [6.45, 7) is 2.09. The molecule has 4 heteroatoms. The molecule has 0 heterocycles. The number of carbonyl (C=O) groups excluding carboxylic acids is 1. The van der Waals surface area contributed by atoms with E-state index in [1.165, 1.54) is 5.56 Å². The lowest BCUT2D eigenvalue weighted by atomic mass is 10.1. The molecule has 0 bridgehead atoms. The molecule has 0 spiro atoms. The van der Waals surface area contributed by atoms with Crippen LogP contribution in [0.1, 0.15) is 28.9 Å². The molecule has 0 saturated carbocycles. The molecule has 0 saturated heterocycles. The van der Waals surface area contributed by atoms with E-state index in [9.17, 15) is 4.79 Å². The third kappa shape index (κ3) is 3.35. The van der Waals surface area contributed by atoms with Gasteiger partial charge in [0.1, 0.15) is 0 Å². The maximum absolute atomic E-state index is 11.0. The van der Waals surface area contributed by atoms with Gasteiger partial charge in [-0.1, -0.05) is 34.1 Å². The number of nitrogens with two attached hydrogens (primary N) is 1. The zero-order valence-corrected chi connectivity index (χ0v) is 12.1. The van der Waals surface area contributed by atoms with E-state index in [1.807, 2.05) is 30.3 Å². The maximum atomic E-state index is 11.0. The summed E-state index contributed by atoms with van der Waals surface area (Å²) in [4.78, 5) is 11.0. The molecule has 0 fully saturated rings. The molecule has 3 N–H and O–H groups in total. The monoisotopic (exact) mass is 318 g/mol. The van der Waals surface area contributed by atoms with Gasteiger partial charge in [-0.05, 0) is 42.8 Å². The number of halogens is 1. The highest BCUT2D eigenvalue weighted by Gasteiger charge is 2.08. The fraction of sp³-hybridized carbons (Fsp3) is 0.133. The smallest absolute Gasteiger partial charge is 0.248 e. The number of anilines is 1. The fourth-order valence-corrected chi connectivity index (χ4v) is 2.51. The highest BCUT2D eigenvalue weighted by Crippen LogP contribution is 2.26. The summed E-state index contributed by atoms with van der Waals surface area (Å²) in [6.07, 6.45) is 0. The van der Waals surface area contributed by atoms with Crippen molar-refractivity contribution in [2.24, 2.45) is 5.73 Å². The number of amides is 1. The number of hydrogen-bond acceptors (Lipinski definition) is 2. The minimum Gasteiger partial charge on any atom is -0.378 e. The van der Waals surface area contributed by atoms with E-state index in [2.05, 4.69) is 34.2 Å². The van der Waals surface area contributed by atoms with E-state index in [4.69, 9.17) is 5.73 Å². The van der Waals surface area contributed by atoms with Gasteiger partial charge in [-0.3, -0.25) is 4.79 Å². The van der Waals surface area contributed by atoms with Crippen LogP contribution in [0.2, 0.25) is 0 Å². The number of primary amides is 1. The molecule has 98 valence electrons. The number of nitrogens with one attached hydrogen (secondary N) is 1. The highest BCUT2D eigenvalue weighted by molar-refractivity contribution is 9.10. The van der Waals surface area contributed by atoms with Crippen LogP contribution in [0, 0.1) is 0 Å². The highest BCUT2D eigenvalue weighted by atomic mass is 79.9. The third-order valence-corrected chi connectivity index (χ3v) is 3.65. The largest absolute Gasteiger partial charge is 0.378 e. The van der Waals surface area contributed by atoms with Gasteiger partial charge < -0.3 is 11.1 Å². The Morgan fingerprint density at radius 2 is 1.79 bits per heavy atom. The van der Waals surface area contributed by atoms with Crippen molar-refractivity contribution in [3.63, 3.8) is 0 Å². The molecule has 1 unspecified atom stereocenters. The van der Waals surface area contributed by atoms with Crippen LogP contribution in [-0.2, 0) is 0 Å². The van der Waals surface area contributed by atoms with Gasteiger partial charge >= 0.3 is 0 Å². The summed E-state index contributed by atoms with van der Waals surface area (Å²) < 4.78 is 1.07. The van der Waals surface area contributed by atoms with Crippen LogP contribution in [0.15, 0.2) is 53.0 Å². The molecule has 19 heavy (non-hydrogen) atoms. The quantitative estimate of drug-likeness (QED) is 0.902. The van der Waals surface area contributed by atoms with Gasteiger partial charge in [0.25, 0.3) is 0 Å². The molecule has 3 nitrogen and oxygen atoms in total. The van der Waals surface area contributed by atoms with E-state index in [0.717, 1.165) is 10.2 Å². The standard InChI is InChI=1S/C15H15BrN2O/c1-10(13-4-2-3-5-14(13)16)18-12-8-6-11(7-9-12)15(17)19/h2-10,18H,1H3,(H2,17,19). The Hall–Kier alpha value is -1.81. The average molecular weight is 319 g/mol. The lowest BCUT2D eigenvalue weighted by Crippen LogP contribution is -2.11. The van der Waals surface area contributed by atoms with Crippen molar-refractivity contribution < 1.29 is 4.79 Å². The second-order valence-corrected chi connectivity index (χ2v) is 5.18. The summed E-state index contributed by atoms with van der Waals surface area (Å²) in [7, 11) is 0. The van der Waals surface area contributed by atoms with Crippen LogP contribution in [0.3, 0.4) is 0 Å². The number of rotatable bonds is 4. The maximum Gasteiger partial charge on any atom is 0.248 e. The van der Waals surface area contributed by atoms with Gasteiger partial charge in [0.15, 0.2) is 0 Å². The van der Waals surface area contributed by atoms with Crippen molar-refractivity contribution in [1.82, 2.24) is 0 Å². The molecule has 2 aromatic carbocycles. The van der Waals surface area contributed by atoms with Gasteiger partial charge in [-0.2, -0.15) is 0 Å². The normalized spacial score (nSPS) is 11.9. The molecule has 1 amide bonds. The first-order valence-corrected chi connectivity index (χ1v) is 6.78. The van der Waals surface area contributed by atoms with Crippen LogP contribution in [0.5, 0.6) is 0 Å². The summed E-state index contributed by atoms with van der Waals surface area (Å²) in [5.74, 6) is -0.412. The average Bonchev–Trinajstić information content (AvgIpc) is 2.39. The number of hydrogen-bond donors (Lipinski definition) is 2. The zero-order chi connectivity index (χ0) is 13.8. The molecule has 2 rings (SSSR count). The van der Waals surface area contributed by atoms with Crippen molar-refractivity contribution in [2.75, 3.05) is 5.32 Å². The van der Waals surface area contributed by atoms with Crippen LogP contribution in [-0.4, -0.2) is 5.91 Å². The summed E-state index contributed by atoms with van der Waals surface area (Å²) >= 11 is 3.54. The van der Waals surface area contributed by atoms with Crippen molar-refractivity contribution in [3.8, 4) is 0 Å². The second-order valence-electron chi connectivity index (χ2n) is 4.33. The molecular formula is C15H15BrN2O. The van der Waals surface area contributed by atoms with E-state index < -0.39 is 5.91 Å². The Bertz CT molecular complexity index is 581. The van der Waals surface area contributed by atoms with Gasteiger partial charge in [0, 0.05) is 21.8 Å². The van der Waals surface area contributed by atoms with Crippen molar-refractivity contribution in [1.29, 1.82) is 0 Å². The van der Waals surface area contributed by atoms with Crippen LogP contribution < -0.4 is 11.1 Å². The fourth-order valence-electron chi connectivity index (χ4n) is 1.88. The van der Waals surface area contributed by atoms with Crippen LogP contribution in [0.25, 0.3) is 0 Å².